The van der Waals surface area contributed by atoms with Gasteiger partial charge >= 0.3 is 0 Å². The summed E-state index contributed by atoms with van der Waals surface area (Å²) in [5.41, 5.74) is 2.38. The van der Waals surface area contributed by atoms with Crippen molar-refractivity contribution in [1.29, 1.82) is 0 Å². The summed E-state index contributed by atoms with van der Waals surface area (Å²) < 4.78 is 13.5. The van der Waals surface area contributed by atoms with Crippen LogP contribution in [0.1, 0.15) is 24.5 Å². The van der Waals surface area contributed by atoms with Gasteiger partial charge in [0.15, 0.2) is 0 Å². The number of amides is 2. The fourth-order valence-electron chi connectivity index (χ4n) is 2.63. The number of hydrogen-bond acceptors (Lipinski definition) is 2. The molecular weight excluding hydrogens is 319 g/mol. The summed E-state index contributed by atoms with van der Waals surface area (Å²) in [6.07, 6.45) is 0.168. The van der Waals surface area contributed by atoms with Gasteiger partial charge in [0.2, 0.25) is 11.8 Å². The Hall–Kier alpha value is -2.69. The monoisotopic (exact) mass is 342 g/mol. The van der Waals surface area contributed by atoms with Gasteiger partial charge in [0, 0.05) is 18.8 Å². The summed E-state index contributed by atoms with van der Waals surface area (Å²) in [7, 11) is 0. The maximum Gasteiger partial charge on any atom is 0.236 e. The third kappa shape index (κ3) is 5.41. The zero-order chi connectivity index (χ0) is 18.2. The van der Waals surface area contributed by atoms with Gasteiger partial charge in [-0.05, 0) is 49.6 Å². The average Bonchev–Trinajstić information content (AvgIpc) is 2.57. The van der Waals surface area contributed by atoms with E-state index in [-0.39, 0.29) is 24.1 Å². The number of nitrogens with zero attached hydrogens (tertiary/aromatic N) is 1. The molecule has 0 aromatic heterocycles. The SMILES string of the molecule is CCN(C(=O)CC(=O)NCCc1ccccc1F)c1cccc(C)c1. The van der Waals surface area contributed by atoms with Crippen molar-refractivity contribution in [2.24, 2.45) is 0 Å². The average molecular weight is 342 g/mol. The van der Waals surface area contributed by atoms with E-state index in [4.69, 9.17) is 0 Å². The quantitative estimate of drug-likeness (QED) is 0.786. The summed E-state index contributed by atoms with van der Waals surface area (Å²) in [5.74, 6) is -0.895. The fourth-order valence-corrected chi connectivity index (χ4v) is 2.63. The number of benzene rings is 2. The molecule has 132 valence electrons. The van der Waals surface area contributed by atoms with Crippen LogP contribution >= 0.6 is 0 Å². The molecule has 0 radical (unpaired) electrons. The van der Waals surface area contributed by atoms with Gasteiger partial charge in [-0.1, -0.05) is 30.3 Å². The molecule has 0 atom stereocenters. The number of nitrogens with one attached hydrogen (secondary N) is 1. The summed E-state index contributed by atoms with van der Waals surface area (Å²) >= 11 is 0. The fraction of sp³-hybridized carbons (Fsp3) is 0.300. The molecule has 0 unspecified atom stereocenters. The molecule has 0 aliphatic heterocycles. The van der Waals surface area contributed by atoms with Gasteiger partial charge in [-0.2, -0.15) is 0 Å². The first kappa shape index (κ1) is 18.6. The number of carbonyl (C=O) groups excluding carboxylic acids is 2. The molecule has 25 heavy (non-hydrogen) atoms. The van der Waals surface area contributed by atoms with Gasteiger partial charge in [-0.25, -0.2) is 4.39 Å². The normalized spacial score (nSPS) is 10.4. The Morgan fingerprint density at radius 2 is 1.88 bits per heavy atom. The van der Waals surface area contributed by atoms with Crippen LogP contribution in [0.4, 0.5) is 10.1 Å². The number of anilines is 1. The topological polar surface area (TPSA) is 49.4 Å². The van der Waals surface area contributed by atoms with Crippen LogP contribution < -0.4 is 10.2 Å². The van der Waals surface area contributed by atoms with Crippen LogP contribution in [0.5, 0.6) is 0 Å². The van der Waals surface area contributed by atoms with Crippen molar-refractivity contribution in [3.05, 3.63) is 65.5 Å². The maximum atomic E-state index is 13.5. The molecule has 5 heteroatoms. The molecule has 0 bridgehead atoms. The van der Waals surface area contributed by atoms with E-state index in [2.05, 4.69) is 5.32 Å². The van der Waals surface area contributed by atoms with Gasteiger partial charge in [0.25, 0.3) is 0 Å². The van der Waals surface area contributed by atoms with Crippen molar-refractivity contribution >= 4 is 17.5 Å². The lowest BCUT2D eigenvalue weighted by Gasteiger charge is -2.21. The molecule has 0 heterocycles. The Bertz CT molecular complexity index is 746. The molecular formula is C20H23FN2O2. The van der Waals surface area contributed by atoms with Crippen LogP contribution in [-0.4, -0.2) is 24.9 Å². The van der Waals surface area contributed by atoms with Gasteiger partial charge in [0.05, 0.1) is 0 Å². The first-order valence-electron chi connectivity index (χ1n) is 8.38. The van der Waals surface area contributed by atoms with E-state index in [9.17, 15) is 14.0 Å². The third-order valence-corrected chi connectivity index (χ3v) is 3.92. The predicted molar refractivity (Wildman–Crippen MR) is 96.9 cm³/mol. The van der Waals surface area contributed by atoms with E-state index in [1.807, 2.05) is 38.1 Å². The van der Waals surface area contributed by atoms with Crippen molar-refractivity contribution in [1.82, 2.24) is 5.32 Å². The van der Waals surface area contributed by atoms with Crippen LogP contribution in [-0.2, 0) is 16.0 Å². The lowest BCUT2D eigenvalue weighted by Crippen LogP contribution is -2.36. The number of hydrogen-bond donors (Lipinski definition) is 1. The van der Waals surface area contributed by atoms with Crippen LogP contribution in [0.25, 0.3) is 0 Å². The smallest absolute Gasteiger partial charge is 0.236 e. The highest BCUT2D eigenvalue weighted by Crippen LogP contribution is 2.16. The van der Waals surface area contributed by atoms with Gasteiger partial charge < -0.3 is 10.2 Å². The van der Waals surface area contributed by atoms with Crippen LogP contribution in [0, 0.1) is 12.7 Å². The Kier molecular flexibility index (Phi) is 6.69. The zero-order valence-electron chi connectivity index (χ0n) is 14.6. The van der Waals surface area contributed by atoms with Crippen molar-refractivity contribution < 1.29 is 14.0 Å². The largest absolute Gasteiger partial charge is 0.355 e. The maximum absolute atomic E-state index is 13.5. The van der Waals surface area contributed by atoms with Gasteiger partial charge in [-0.15, -0.1) is 0 Å². The van der Waals surface area contributed by atoms with E-state index < -0.39 is 0 Å². The predicted octanol–water partition coefficient (Wildman–Crippen LogP) is 3.24. The highest BCUT2D eigenvalue weighted by Gasteiger charge is 2.17. The summed E-state index contributed by atoms with van der Waals surface area (Å²) in [6, 6.07) is 14.1. The molecule has 4 nitrogen and oxygen atoms in total. The highest BCUT2D eigenvalue weighted by molar-refractivity contribution is 6.04. The van der Waals surface area contributed by atoms with Crippen molar-refractivity contribution in [3.8, 4) is 0 Å². The Balaban J connectivity index is 1.86. The minimum Gasteiger partial charge on any atom is -0.355 e. The Labute approximate surface area is 147 Å². The third-order valence-electron chi connectivity index (χ3n) is 3.92. The van der Waals surface area contributed by atoms with Crippen LogP contribution in [0.15, 0.2) is 48.5 Å². The Morgan fingerprint density at radius 3 is 2.56 bits per heavy atom. The van der Waals surface area contributed by atoms with E-state index in [1.165, 1.54) is 6.07 Å². The number of halogens is 1. The lowest BCUT2D eigenvalue weighted by molar-refractivity contribution is -0.127. The standard InChI is InChI=1S/C20H23FN2O2/c1-3-23(17-9-6-7-15(2)13-17)20(25)14-19(24)22-12-11-16-8-4-5-10-18(16)21/h4-10,13H,3,11-12,14H2,1-2H3,(H,22,24). The van der Waals surface area contributed by atoms with E-state index in [0.717, 1.165) is 11.3 Å². The molecule has 0 aliphatic rings. The second kappa shape index (κ2) is 8.97. The molecule has 2 rings (SSSR count). The van der Waals surface area contributed by atoms with Crippen LogP contribution in [0.2, 0.25) is 0 Å². The summed E-state index contributed by atoms with van der Waals surface area (Å²) in [5, 5.41) is 2.68. The molecule has 1 N–H and O–H groups in total. The number of rotatable bonds is 7. The second-order valence-electron chi connectivity index (χ2n) is 5.85. The summed E-state index contributed by atoms with van der Waals surface area (Å²) in [4.78, 5) is 26.0. The van der Waals surface area contributed by atoms with Crippen LogP contribution in [0.3, 0.4) is 0 Å². The molecule has 0 fully saturated rings. The van der Waals surface area contributed by atoms with Crippen molar-refractivity contribution in [2.75, 3.05) is 18.0 Å². The van der Waals surface area contributed by atoms with Gasteiger partial charge in [0.1, 0.15) is 12.2 Å². The Morgan fingerprint density at radius 1 is 1.12 bits per heavy atom. The molecule has 2 amide bonds. The zero-order valence-corrected chi connectivity index (χ0v) is 14.6. The molecule has 0 spiro atoms. The molecule has 2 aromatic carbocycles. The van der Waals surface area contributed by atoms with E-state index in [0.29, 0.717) is 25.1 Å². The summed E-state index contributed by atoms with van der Waals surface area (Å²) in [6.45, 7) is 4.61. The minimum absolute atomic E-state index is 0.223. The van der Waals surface area contributed by atoms with Gasteiger partial charge in [-0.3, -0.25) is 9.59 Å². The van der Waals surface area contributed by atoms with Crippen molar-refractivity contribution in [3.63, 3.8) is 0 Å². The van der Waals surface area contributed by atoms with Crippen molar-refractivity contribution in [2.45, 2.75) is 26.7 Å². The lowest BCUT2D eigenvalue weighted by atomic mass is 10.1. The number of aryl methyl sites for hydroxylation is 1. The van der Waals surface area contributed by atoms with E-state index in [1.54, 1.807) is 23.1 Å². The first-order valence-corrected chi connectivity index (χ1v) is 8.38. The number of carbonyl (C=O) groups is 2. The molecule has 0 saturated heterocycles. The second-order valence-corrected chi connectivity index (χ2v) is 5.85. The highest BCUT2D eigenvalue weighted by atomic mass is 19.1. The minimum atomic E-state index is -0.354. The molecule has 2 aromatic rings. The molecule has 0 aliphatic carbocycles. The first-order chi connectivity index (χ1) is 12.0. The van der Waals surface area contributed by atoms with E-state index >= 15 is 0 Å². The molecule has 0 saturated carbocycles.